The first-order valence-corrected chi connectivity index (χ1v) is 8.39. The molecule has 1 saturated heterocycles. The lowest BCUT2D eigenvalue weighted by Gasteiger charge is -2.31. The SMILES string of the molecule is CN1CCN(C(=O)c2nnc3sc(-c4ccc(F)cc4)nn23)CC1. The molecule has 124 valence electrons. The Morgan fingerprint density at radius 1 is 1.12 bits per heavy atom. The van der Waals surface area contributed by atoms with Gasteiger partial charge in [-0.3, -0.25) is 4.79 Å². The second-order valence-electron chi connectivity index (χ2n) is 5.73. The minimum Gasteiger partial charge on any atom is -0.333 e. The average molecular weight is 346 g/mol. The molecule has 0 unspecified atom stereocenters. The van der Waals surface area contributed by atoms with Crippen LogP contribution in [0.4, 0.5) is 4.39 Å². The summed E-state index contributed by atoms with van der Waals surface area (Å²) < 4.78 is 14.5. The number of piperazine rings is 1. The van der Waals surface area contributed by atoms with Crippen molar-refractivity contribution < 1.29 is 9.18 Å². The van der Waals surface area contributed by atoms with E-state index in [0.29, 0.717) is 23.1 Å². The standard InChI is InChI=1S/C15H15FN6OS/c1-20-6-8-21(9-7-20)14(23)12-17-18-15-22(12)19-13(24-15)10-2-4-11(16)5-3-10/h2-5H,6-9H2,1H3. The molecule has 1 amide bonds. The van der Waals surface area contributed by atoms with Crippen LogP contribution in [0.5, 0.6) is 0 Å². The van der Waals surface area contributed by atoms with Crippen LogP contribution in [0.2, 0.25) is 0 Å². The van der Waals surface area contributed by atoms with Crippen molar-refractivity contribution in [2.24, 2.45) is 0 Å². The molecule has 0 aliphatic carbocycles. The van der Waals surface area contributed by atoms with Gasteiger partial charge >= 0.3 is 0 Å². The van der Waals surface area contributed by atoms with Crippen LogP contribution in [0.1, 0.15) is 10.6 Å². The molecule has 3 heterocycles. The summed E-state index contributed by atoms with van der Waals surface area (Å²) in [5.74, 6) is -0.238. The van der Waals surface area contributed by atoms with E-state index in [1.54, 1.807) is 17.0 Å². The second-order valence-corrected chi connectivity index (χ2v) is 6.68. The van der Waals surface area contributed by atoms with Crippen LogP contribution < -0.4 is 0 Å². The molecule has 0 radical (unpaired) electrons. The molecule has 0 bridgehead atoms. The fourth-order valence-corrected chi connectivity index (χ4v) is 3.46. The summed E-state index contributed by atoms with van der Waals surface area (Å²) in [6, 6.07) is 6.08. The maximum Gasteiger partial charge on any atom is 0.293 e. The Morgan fingerprint density at radius 2 is 1.83 bits per heavy atom. The molecule has 0 spiro atoms. The molecular weight excluding hydrogens is 331 g/mol. The number of halogens is 1. The highest BCUT2D eigenvalue weighted by Gasteiger charge is 2.26. The summed E-state index contributed by atoms with van der Waals surface area (Å²) in [7, 11) is 2.03. The molecule has 24 heavy (non-hydrogen) atoms. The van der Waals surface area contributed by atoms with Crippen LogP contribution in [0.15, 0.2) is 24.3 Å². The zero-order valence-electron chi connectivity index (χ0n) is 13.0. The highest BCUT2D eigenvalue weighted by molar-refractivity contribution is 7.19. The highest BCUT2D eigenvalue weighted by atomic mass is 32.1. The van der Waals surface area contributed by atoms with Gasteiger partial charge in [0.1, 0.15) is 10.8 Å². The van der Waals surface area contributed by atoms with E-state index in [0.717, 1.165) is 18.7 Å². The summed E-state index contributed by atoms with van der Waals surface area (Å²) in [6.45, 7) is 3.01. The van der Waals surface area contributed by atoms with Crippen LogP contribution in [0.3, 0.4) is 0 Å². The van der Waals surface area contributed by atoms with E-state index >= 15 is 0 Å². The van der Waals surface area contributed by atoms with Gasteiger partial charge in [0.2, 0.25) is 10.8 Å². The van der Waals surface area contributed by atoms with Crippen LogP contribution in [0.25, 0.3) is 15.5 Å². The predicted molar refractivity (Wildman–Crippen MR) is 87.5 cm³/mol. The fourth-order valence-electron chi connectivity index (χ4n) is 2.61. The molecule has 4 rings (SSSR count). The van der Waals surface area contributed by atoms with Gasteiger partial charge in [0, 0.05) is 31.7 Å². The van der Waals surface area contributed by atoms with Crippen molar-refractivity contribution in [1.82, 2.24) is 29.6 Å². The first-order chi connectivity index (χ1) is 11.6. The van der Waals surface area contributed by atoms with E-state index in [1.807, 2.05) is 7.05 Å². The zero-order valence-corrected chi connectivity index (χ0v) is 13.8. The number of carbonyl (C=O) groups is 1. The number of hydrogen-bond donors (Lipinski definition) is 0. The van der Waals surface area contributed by atoms with Gasteiger partial charge < -0.3 is 9.80 Å². The lowest BCUT2D eigenvalue weighted by atomic mass is 10.2. The minimum atomic E-state index is -0.298. The molecule has 1 aromatic carbocycles. The third-order valence-corrected chi connectivity index (χ3v) is 5.01. The van der Waals surface area contributed by atoms with Gasteiger partial charge in [0.25, 0.3) is 5.91 Å². The zero-order chi connectivity index (χ0) is 16.7. The molecule has 1 fully saturated rings. The number of benzene rings is 1. The van der Waals surface area contributed by atoms with E-state index in [2.05, 4.69) is 20.2 Å². The van der Waals surface area contributed by atoms with Gasteiger partial charge in [-0.15, -0.1) is 10.2 Å². The maximum atomic E-state index is 13.1. The highest BCUT2D eigenvalue weighted by Crippen LogP contribution is 2.25. The molecule has 1 aliphatic rings. The molecular formula is C15H15FN6OS. The van der Waals surface area contributed by atoms with Gasteiger partial charge in [-0.25, -0.2) is 4.39 Å². The van der Waals surface area contributed by atoms with Gasteiger partial charge in [0.15, 0.2) is 0 Å². The average Bonchev–Trinajstić information content (AvgIpc) is 3.16. The predicted octanol–water partition coefficient (Wildman–Crippen LogP) is 1.38. The summed E-state index contributed by atoms with van der Waals surface area (Å²) in [5, 5.41) is 13.2. The van der Waals surface area contributed by atoms with Crippen LogP contribution >= 0.6 is 11.3 Å². The van der Waals surface area contributed by atoms with Gasteiger partial charge in [-0.1, -0.05) is 11.3 Å². The van der Waals surface area contributed by atoms with Crippen LogP contribution in [-0.2, 0) is 0 Å². The smallest absolute Gasteiger partial charge is 0.293 e. The number of hydrogen-bond acceptors (Lipinski definition) is 6. The number of amides is 1. The summed E-state index contributed by atoms with van der Waals surface area (Å²) in [4.78, 5) is 17.2. The second kappa shape index (κ2) is 5.91. The quantitative estimate of drug-likeness (QED) is 0.701. The van der Waals surface area contributed by atoms with Crippen LogP contribution in [0, 0.1) is 5.82 Å². The number of carbonyl (C=O) groups excluding carboxylic acids is 1. The fraction of sp³-hybridized carbons (Fsp3) is 0.333. The lowest BCUT2D eigenvalue weighted by Crippen LogP contribution is -2.47. The Bertz CT molecular complexity index is 881. The Balaban J connectivity index is 1.65. The topological polar surface area (TPSA) is 66.6 Å². The lowest BCUT2D eigenvalue weighted by molar-refractivity contribution is 0.0649. The van der Waals surface area contributed by atoms with E-state index in [4.69, 9.17) is 0 Å². The van der Waals surface area contributed by atoms with E-state index in [1.165, 1.54) is 28.0 Å². The monoisotopic (exact) mass is 346 g/mol. The Labute approximate surface area is 141 Å². The third kappa shape index (κ3) is 2.65. The molecule has 9 heteroatoms. The van der Waals surface area contributed by atoms with Crippen molar-refractivity contribution in [3.63, 3.8) is 0 Å². The van der Waals surface area contributed by atoms with Crippen molar-refractivity contribution >= 4 is 22.2 Å². The molecule has 7 nitrogen and oxygen atoms in total. The van der Waals surface area contributed by atoms with Crippen molar-refractivity contribution in [2.45, 2.75) is 0 Å². The molecule has 0 N–H and O–H groups in total. The van der Waals surface area contributed by atoms with E-state index in [9.17, 15) is 9.18 Å². The number of aromatic nitrogens is 4. The molecule has 2 aromatic heterocycles. The molecule has 0 atom stereocenters. The molecule has 1 aliphatic heterocycles. The van der Waals surface area contributed by atoms with Crippen molar-refractivity contribution in [3.8, 4) is 10.6 Å². The maximum absolute atomic E-state index is 13.1. The normalized spacial score (nSPS) is 16.0. The van der Waals surface area contributed by atoms with E-state index in [-0.39, 0.29) is 17.5 Å². The Hall–Kier alpha value is -2.39. The Kier molecular flexibility index (Phi) is 3.73. The molecule has 0 saturated carbocycles. The number of likely N-dealkylation sites (N-methyl/N-ethyl adjacent to an activating group) is 1. The number of fused-ring (bicyclic) bond motifs is 1. The van der Waals surface area contributed by atoms with E-state index < -0.39 is 0 Å². The first kappa shape index (κ1) is 15.2. The first-order valence-electron chi connectivity index (χ1n) is 7.58. The summed E-state index contributed by atoms with van der Waals surface area (Å²) >= 11 is 1.32. The third-order valence-electron chi connectivity index (χ3n) is 4.06. The number of nitrogens with zero attached hydrogens (tertiary/aromatic N) is 6. The van der Waals surface area contributed by atoms with Crippen LogP contribution in [-0.4, -0.2) is 68.7 Å². The summed E-state index contributed by atoms with van der Waals surface area (Å²) in [6.07, 6.45) is 0. The Morgan fingerprint density at radius 3 is 2.54 bits per heavy atom. The van der Waals surface area contributed by atoms with Crippen molar-refractivity contribution in [3.05, 3.63) is 35.9 Å². The number of rotatable bonds is 2. The largest absolute Gasteiger partial charge is 0.333 e. The summed E-state index contributed by atoms with van der Waals surface area (Å²) in [5.41, 5.74) is 0.782. The van der Waals surface area contributed by atoms with Gasteiger partial charge in [-0.05, 0) is 31.3 Å². The van der Waals surface area contributed by atoms with Gasteiger partial charge in [0.05, 0.1) is 0 Å². The molecule has 3 aromatic rings. The van der Waals surface area contributed by atoms with Crippen molar-refractivity contribution in [1.29, 1.82) is 0 Å². The van der Waals surface area contributed by atoms with Crippen molar-refractivity contribution in [2.75, 3.05) is 33.2 Å². The minimum absolute atomic E-state index is 0.161. The van der Waals surface area contributed by atoms with Gasteiger partial charge in [-0.2, -0.15) is 9.61 Å².